The Bertz CT molecular complexity index is 7.51. The number of hydrogen-bond donors (Lipinski definition) is 0. The zero-order valence-electron chi connectivity index (χ0n) is 2.57. The van der Waals surface area contributed by atoms with Gasteiger partial charge in [0, 0.05) is 0 Å². The van der Waals surface area contributed by atoms with Gasteiger partial charge in [-0.2, -0.15) is 0 Å². The molecule has 0 atom stereocenters. The maximum absolute atomic E-state index is 4.76. The van der Waals surface area contributed by atoms with Crippen molar-refractivity contribution in [1.82, 2.24) is 0 Å². The summed E-state index contributed by atoms with van der Waals surface area (Å²) in [6.45, 7) is 0. The molecule has 0 saturated carbocycles. The van der Waals surface area contributed by atoms with Crippen LogP contribution in [-0.4, -0.2) is 5.34 Å². The molecular formula is CH3Cl4Pd. The predicted molar refractivity (Wildman–Crippen MR) is 29.7 cm³/mol. The zero-order chi connectivity index (χ0) is 4.71. The van der Waals surface area contributed by atoms with Gasteiger partial charge in [0.1, 0.15) is 0 Å². The topological polar surface area (TPSA) is 0 Å². The predicted octanol–water partition coefficient (Wildman–Crippen LogP) is 2.53. The van der Waals surface area contributed by atoms with E-state index in [0.717, 1.165) is 0 Å². The van der Waals surface area contributed by atoms with E-state index < -0.39 is 0 Å². The van der Waals surface area contributed by atoms with Crippen LogP contribution in [0.3, 0.4) is 0 Å². The summed E-state index contributed by atoms with van der Waals surface area (Å²) < 4.78 is 0. The second-order valence-corrected chi connectivity index (χ2v) is 0.909. The molecule has 0 aliphatic carbocycles. The third-order valence-corrected chi connectivity index (χ3v) is 0. The van der Waals surface area contributed by atoms with Crippen LogP contribution < -0.4 is 0 Å². The van der Waals surface area contributed by atoms with Gasteiger partial charge in [-0.15, -0.1) is 35.6 Å². The van der Waals surface area contributed by atoms with Crippen LogP contribution in [0.25, 0.3) is 0 Å². The fourth-order valence-corrected chi connectivity index (χ4v) is 0. The molecule has 5 heteroatoms. The van der Waals surface area contributed by atoms with Gasteiger partial charge in [0.2, 0.25) is 0 Å². The van der Waals surface area contributed by atoms with Crippen molar-refractivity contribution >= 4 is 45.1 Å². The van der Waals surface area contributed by atoms with Crippen molar-refractivity contribution in [2.75, 3.05) is 5.34 Å². The molecule has 0 aromatic carbocycles. The summed E-state index contributed by atoms with van der Waals surface area (Å²) in [7, 11) is 4.49. The van der Waals surface area contributed by atoms with Gasteiger partial charge >= 0.3 is 27.7 Å². The van der Waals surface area contributed by atoms with Gasteiger partial charge in [0.25, 0.3) is 0 Å². The number of hydrogen-bond acceptors (Lipinski definition) is 0. The van der Waals surface area contributed by atoms with Crippen LogP contribution in [0.5, 0.6) is 0 Å². The molecule has 0 unspecified atom stereocenters. The van der Waals surface area contributed by atoms with E-state index in [1.807, 2.05) is 0 Å². The van der Waals surface area contributed by atoms with Crippen LogP contribution in [0, 0.1) is 0 Å². The molecule has 0 bridgehead atoms. The van der Waals surface area contributed by atoms with Crippen molar-refractivity contribution in [3.63, 3.8) is 0 Å². The monoisotopic (exact) mass is 261 g/mol. The van der Waals surface area contributed by atoms with E-state index in [4.69, 9.17) is 23.2 Å². The first-order valence-electron chi connectivity index (χ1n) is 0.654. The van der Waals surface area contributed by atoms with E-state index in [-0.39, 0.29) is 17.7 Å². The second-order valence-electron chi connectivity index (χ2n) is 0.101. The van der Waals surface area contributed by atoms with E-state index in [9.17, 15) is 0 Å². The van der Waals surface area contributed by atoms with Crippen molar-refractivity contribution in [3.8, 4) is 0 Å². The summed E-state index contributed by atoms with van der Waals surface area (Å²) in [6.07, 6.45) is 0. The summed E-state index contributed by atoms with van der Waals surface area (Å²) in [5.41, 5.74) is 0. The Morgan fingerprint density at radius 1 is 1.17 bits per heavy atom. The first-order chi connectivity index (χ1) is 2.41. The molecule has 0 nitrogen and oxygen atoms in total. The molecule has 45 valence electrons. The quantitative estimate of drug-likeness (QED) is 0.465. The number of halogens is 4. The summed E-state index contributed by atoms with van der Waals surface area (Å²) >= 11 is 11.8. The Morgan fingerprint density at radius 2 is 1.17 bits per heavy atom. The molecule has 0 radical (unpaired) electrons. The van der Waals surface area contributed by atoms with Crippen LogP contribution in [0.4, 0.5) is 0 Å². The van der Waals surface area contributed by atoms with Crippen LogP contribution >= 0.6 is 45.1 Å². The Hall–Kier alpha value is 1.82. The van der Waals surface area contributed by atoms with Gasteiger partial charge in [-0.05, 0) is 0 Å². The average molecular weight is 263 g/mol. The van der Waals surface area contributed by atoms with Crippen LogP contribution in [0.2, 0.25) is 0 Å². The van der Waals surface area contributed by atoms with Gasteiger partial charge in [0.15, 0.2) is 0 Å². The van der Waals surface area contributed by atoms with E-state index in [1.54, 1.807) is 0 Å². The van der Waals surface area contributed by atoms with Gasteiger partial charge in [-0.3, -0.25) is 0 Å². The van der Waals surface area contributed by atoms with Crippen LogP contribution in [0.15, 0.2) is 0 Å². The van der Waals surface area contributed by atoms with E-state index in [1.165, 1.54) is 0 Å². The Morgan fingerprint density at radius 3 is 1.17 bits per heavy atom. The van der Waals surface area contributed by atoms with Crippen molar-refractivity contribution < 1.29 is 18.2 Å². The van der Waals surface area contributed by atoms with Crippen LogP contribution in [-0.2, 0) is 18.2 Å². The molecule has 0 fully saturated rings. The molecule has 0 heterocycles. The minimum absolute atomic E-state index is 0. The Labute approximate surface area is 68.3 Å². The molecule has 0 aliphatic rings. The van der Waals surface area contributed by atoms with Gasteiger partial charge in [-0.25, -0.2) is 0 Å². The molecule has 0 aliphatic heterocycles. The maximum atomic E-state index is 4.76. The molecule has 0 rings (SSSR count). The molecule has 0 aromatic heterocycles. The van der Waals surface area contributed by atoms with Crippen molar-refractivity contribution in [2.45, 2.75) is 0 Å². The summed E-state index contributed by atoms with van der Waals surface area (Å²) in [6, 6.07) is 0. The van der Waals surface area contributed by atoms with E-state index >= 15 is 0 Å². The molecular weight excluding hydrogens is 260 g/mol. The Kier molecular flexibility index (Phi) is 75.8. The van der Waals surface area contributed by atoms with E-state index in [2.05, 4.69) is 27.7 Å². The molecule has 0 amide bonds. The third-order valence-electron chi connectivity index (χ3n) is 0. The van der Waals surface area contributed by atoms with E-state index in [0.29, 0.717) is 0 Å². The SMILES string of the molecule is Cl.ClCCl.[Cl][Pd]. The number of rotatable bonds is 0. The number of alkyl halides is 2. The first kappa shape index (κ1) is 15.7. The third kappa shape index (κ3) is 40.8. The minimum atomic E-state index is 0. The fourth-order valence-electron chi connectivity index (χ4n) is 0. The molecule has 0 aromatic rings. The fraction of sp³-hybridized carbons (Fsp3) is 1.00. The molecule has 0 N–H and O–H groups in total. The molecule has 6 heavy (non-hydrogen) atoms. The van der Waals surface area contributed by atoms with Gasteiger partial charge < -0.3 is 0 Å². The second kappa shape index (κ2) is 29.0. The average Bonchev–Trinajstić information content (AvgIpc) is 1.46. The Balaban J connectivity index is -0.0000000275. The van der Waals surface area contributed by atoms with Crippen LogP contribution in [0.1, 0.15) is 0 Å². The first-order valence-corrected chi connectivity index (χ1v) is 3.72. The zero-order valence-corrected chi connectivity index (χ0v) is 7.20. The summed E-state index contributed by atoms with van der Waals surface area (Å²) in [4.78, 5) is 0. The van der Waals surface area contributed by atoms with Gasteiger partial charge in [0.05, 0.1) is 5.34 Å². The standard InChI is InChI=1S/CH2Cl2.2ClH.Pd/c2-1-3;;;/h1H2;2*1H;/q;;;+1/p-1. The van der Waals surface area contributed by atoms with Gasteiger partial charge in [-0.1, -0.05) is 0 Å². The van der Waals surface area contributed by atoms with Crippen molar-refractivity contribution in [3.05, 3.63) is 0 Å². The van der Waals surface area contributed by atoms with Crippen molar-refractivity contribution in [1.29, 1.82) is 0 Å². The summed E-state index contributed by atoms with van der Waals surface area (Å²) in [5, 5.41) is 0.194. The molecule has 0 spiro atoms. The molecule has 0 saturated heterocycles. The van der Waals surface area contributed by atoms with Crippen molar-refractivity contribution in [2.24, 2.45) is 0 Å². The summed E-state index contributed by atoms with van der Waals surface area (Å²) in [5.74, 6) is 0. The normalized spacial score (nSPS) is 4.17.